The number of rotatable bonds is 4. The van der Waals surface area contributed by atoms with Crippen LogP contribution < -0.4 is 5.32 Å². The maximum absolute atomic E-state index is 12.6. The van der Waals surface area contributed by atoms with Crippen molar-refractivity contribution in [2.24, 2.45) is 7.05 Å². The molecule has 3 rings (SSSR count). The summed E-state index contributed by atoms with van der Waals surface area (Å²) in [5.41, 5.74) is 0.649. The van der Waals surface area contributed by atoms with E-state index in [1.54, 1.807) is 12.3 Å². The zero-order valence-corrected chi connectivity index (χ0v) is 11.8. The highest BCUT2D eigenvalue weighted by Gasteiger charge is 2.27. The third kappa shape index (κ3) is 2.96. The molecule has 0 spiro atoms. The first-order chi connectivity index (χ1) is 10.1. The summed E-state index contributed by atoms with van der Waals surface area (Å²) < 4.78 is 27.8. The van der Waals surface area contributed by atoms with Crippen molar-refractivity contribution in [2.45, 2.75) is 19.1 Å². The molecule has 114 valence electrons. The second kappa shape index (κ2) is 5.90. The molecule has 1 aliphatic heterocycles. The first-order valence-corrected chi connectivity index (χ1v) is 6.89. The number of aromatic nitrogens is 4. The van der Waals surface area contributed by atoms with Gasteiger partial charge in [0.25, 0.3) is 0 Å². The normalized spacial score (nSPS) is 20.3. The average molecular weight is 296 g/mol. The molecule has 0 amide bonds. The number of aryl methyl sites for hydroxylation is 1. The van der Waals surface area contributed by atoms with Crippen LogP contribution in [-0.2, 0) is 13.6 Å². The molecule has 0 bridgehead atoms. The lowest BCUT2D eigenvalue weighted by Gasteiger charge is -2.35. The van der Waals surface area contributed by atoms with Gasteiger partial charge in [-0.05, 0) is 6.07 Å². The predicted molar refractivity (Wildman–Crippen MR) is 72.7 cm³/mol. The van der Waals surface area contributed by atoms with Crippen LogP contribution in [0.3, 0.4) is 0 Å². The molecule has 1 unspecified atom stereocenters. The Labute approximate surface area is 121 Å². The standard InChI is InChI=1S/C13H18F2N6/c1-19-6-4-17-12(19)11-8-16-3-7-20(11)9-10-2-5-21(18-10)13(14)15/h2,4-6,11,13,16H,3,7-9H2,1H3. The van der Waals surface area contributed by atoms with Gasteiger partial charge >= 0.3 is 6.55 Å². The van der Waals surface area contributed by atoms with E-state index in [2.05, 4.69) is 20.3 Å². The van der Waals surface area contributed by atoms with Crippen molar-refractivity contribution in [3.8, 4) is 0 Å². The van der Waals surface area contributed by atoms with Gasteiger partial charge in [-0.1, -0.05) is 0 Å². The number of nitrogens with zero attached hydrogens (tertiary/aromatic N) is 5. The van der Waals surface area contributed by atoms with Crippen LogP contribution in [0.1, 0.15) is 24.1 Å². The van der Waals surface area contributed by atoms with E-state index in [4.69, 9.17) is 0 Å². The quantitative estimate of drug-likeness (QED) is 0.920. The first kappa shape index (κ1) is 14.2. The minimum absolute atomic E-state index is 0.121. The van der Waals surface area contributed by atoms with Crippen molar-refractivity contribution in [1.82, 2.24) is 29.5 Å². The SMILES string of the molecule is Cn1ccnc1C1CNCCN1Cc1ccn(C(F)F)n1. The number of alkyl halides is 2. The molecule has 1 aliphatic rings. The topological polar surface area (TPSA) is 50.9 Å². The highest BCUT2D eigenvalue weighted by Crippen LogP contribution is 2.22. The van der Waals surface area contributed by atoms with Crippen LogP contribution >= 0.6 is 0 Å². The molecular formula is C13H18F2N6. The van der Waals surface area contributed by atoms with E-state index in [9.17, 15) is 8.78 Å². The molecule has 0 aliphatic carbocycles. The fourth-order valence-corrected chi connectivity index (χ4v) is 2.67. The van der Waals surface area contributed by atoms with Gasteiger partial charge < -0.3 is 9.88 Å². The average Bonchev–Trinajstić information content (AvgIpc) is 3.09. The van der Waals surface area contributed by atoms with E-state index >= 15 is 0 Å². The molecule has 1 N–H and O–H groups in total. The maximum Gasteiger partial charge on any atom is 0.333 e. The summed E-state index contributed by atoms with van der Waals surface area (Å²) in [4.78, 5) is 6.62. The van der Waals surface area contributed by atoms with E-state index < -0.39 is 6.55 Å². The molecule has 21 heavy (non-hydrogen) atoms. The predicted octanol–water partition coefficient (Wildman–Crippen LogP) is 1.16. The van der Waals surface area contributed by atoms with E-state index in [-0.39, 0.29) is 6.04 Å². The third-order valence-corrected chi connectivity index (χ3v) is 3.74. The minimum Gasteiger partial charge on any atom is -0.337 e. The van der Waals surface area contributed by atoms with Crippen LogP contribution in [0.4, 0.5) is 8.78 Å². The number of halogens is 2. The van der Waals surface area contributed by atoms with Gasteiger partial charge in [-0.15, -0.1) is 0 Å². The van der Waals surface area contributed by atoms with Crippen LogP contribution in [0.15, 0.2) is 24.7 Å². The molecule has 0 radical (unpaired) electrons. The molecule has 1 saturated heterocycles. The fourth-order valence-electron chi connectivity index (χ4n) is 2.67. The van der Waals surface area contributed by atoms with Gasteiger partial charge in [0, 0.05) is 51.8 Å². The van der Waals surface area contributed by atoms with Gasteiger partial charge in [-0.2, -0.15) is 13.9 Å². The third-order valence-electron chi connectivity index (χ3n) is 3.74. The van der Waals surface area contributed by atoms with E-state index in [1.165, 1.54) is 6.20 Å². The summed E-state index contributed by atoms with van der Waals surface area (Å²) in [7, 11) is 1.96. The Morgan fingerprint density at radius 3 is 2.95 bits per heavy atom. The summed E-state index contributed by atoms with van der Waals surface area (Å²) in [6.07, 6.45) is 5.00. The highest BCUT2D eigenvalue weighted by atomic mass is 19.3. The summed E-state index contributed by atoms with van der Waals surface area (Å²) in [6, 6.07) is 1.76. The lowest BCUT2D eigenvalue weighted by Crippen LogP contribution is -2.46. The second-order valence-electron chi connectivity index (χ2n) is 5.15. The largest absolute Gasteiger partial charge is 0.337 e. The van der Waals surface area contributed by atoms with Crippen molar-refractivity contribution in [3.05, 3.63) is 36.2 Å². The highest BCUT2D eigenvalue weighted by molar-refractivity contribution is 5.05. The van der Waals surface area contributed by atoms with Crippen LogP contribution in [0.5, 0.6) is 0 Å². The molecule has 8 heteroatoms. The summed E-state index contributed by atoms with van der Waals surface area (Å²) >= 11 is 0. The molecule has 0 aromatic carbocycles. The van der Waals surface area contributed by atoms with Crippen LogP contribution in [0, 0.1) is 0 Å². The smallest absolute Gasteiger partial charge is 0.333 e. The monoisotopic (exact) mass is 296 g/mol. The minimum atomic E-state index is -2.59. The van der Waals surface area contributed by atoms with E-state index in [0.29, 0.717) is 16.9 Å². The van der Waals surface area contributed by atoms with Gasteiger partial charge in [0.1, 0.15) is 5.82 Å². The van der Waals surface area contributed by atoms with Crippen molar-refractivity contribution in [1.29, 1.82) is 0 Å². The zero-order valence-electron chi connectivity index (χ0n) is 11.8. The van der Waals surface area contributed by atoms with Crippen molar-refractivity contribution in [2.75, 3.05) is 19.6 Å². The van der Waals surface area contributed by atoms with Gasteiger partial charge in [0.2, 0.25) is 0 Å². The summed E-state index contributed by atoms with van der Waals surface area (Å²) in [5, 5.41) is 7.27. The molecule has 3 heterocycles. The Hall–Kier alpha value is -1.80. The molecular weight excluding hydrogens is 278 g/mol. The molecule has 2 aromatic heterocycles. The Morgan fingerprint density at radius 2 is 2.29 bits per heavy atom. The molecule has 1 fully saturated rings. The molecule has 1 atom stereocenters. The van der Waals surface area contributed by atoms with Crippen molar-refractivity contribution in [3.63, 3.8) is 0 Å². The Kier molecular flexibility index (Phi) is 3.98. The second-order valence-corrected chi connectivity index (χ2v) is 5.15. The number of hydrogen-bond acceptors (Lipinski definition) is 4. The number of imidazole rings is 1. The van der Waals surface area contributed by atoms with Gasteiger partial charge in [0.15, 0.2) is 0 Å². The van der Waals surface area contributed by atoms with Crippen LogP contribution in [0.25, 0.3) is 0 Å². The van der Waals surface area contributed by atoms with Gasteiger partial charge in [-0.25, -0.2) is 9.67 Å². The number of hydrogen-bond donors (Lipinski definition) is 1. The Bertz CT molecular complexity index is 593. The lowest BCUT2D eigenvalue weighted by molar-refractivity contribution is 0.0553. The Morgan fingerprint density at radius 1 is 1.43 bits per heavy atom. The van der Waals surface area contributed by atoms with Gasteiger partial charge in [-0.3, -0.25) is 4.90 Å². The fraction of sp³-hybridized carbons (Fsp3) is 0.538. The molecule has 2 aromatic rings. The van der Waals surface area contributed by atoms with E-state index in [1.807, 2.05) is 17.8 Å². The van der Waals surface area contributed by atoms with Gasteiger partial charge in [0.05, 0.1) is 11.7 Å². The van der Waals surface area contributed by atoms with Crippen molar-refractivity contribution < 1.29 is 8.78 Å². The summed E-state index contributed by atoms with van der Waals surface area (Å²) in [5.74, 6) is 0.968. The van der Waals surface area contributed by atoms with Crippen molar-refractivity contribution >= 4 is 0 Å². The Balaban J connectivity index is 1.76. The lowest BCUT2D eigenvalue weighted by atomic mass is 10.1. The number of piperazine rings is 1. The summed E-state index contributed by atoms with van der Waals surface area (Å²) in [6.45, 7) is 0.446. The maximum atomic E-state index is 12.6. The molecule has 6 nitrogen and oxygen atoms in total. The molecule has 0 saturated carbocycles. The first-order valence-electron chi connectivity index (χ1n) is 6.89. The van der Waals surface area contributed by atoms with Crippen LogP contribution in [-0.4, -0.2) is 43.9 Å². The van der Waals surface area contributed by atoms with Crippen LogP contribution in [0.2, 0.25) is 0 Å². The zero-order chi connectivity index (χ0) is 14.8. The number of nitrogens with one attached hydrogen (secondary N) is 1. The van der Waals surface area contributed by atoms with E-state index in [0.717, 1.165) is 25.5 Å².